The highest BCUT2D eigenvalue weighted by atomic mass is 32.2. The summed E-state index contributed by atoms with van der Waals surface area (Å²) in [6.07, 6.45) is 1.63. The van der Waals surface area contributed by atoms with Gasteiger partial charge >= 0.3 is 0 Å². The Kier molecular flexibility index (Phi) is 4.43. The molecule has 0 saturated heterocycles. The molecule has 2 aromatic carbocycles. The van der Waals surface area contributed by atoms with Crippen LogP contribution in [0.15, 0.2) is 52.3 Å². The molecule has 0 N–H and O–H groups in total. The molecule has 0 aromatic heterocycles. The summed E-state index contributed by atoms with van der Waals surface area (Å²) in [6, 6.07) is 13.9. The second-order valence-electron chi connectivity index (χ2n) is 4.14. The molecule has 0 atom stereocenters. The van der Waals surface area contributed by atoms with Crippen molar-refractivity contribution in [2.24, 2.45) is 0 Å². The van der Waals surface area contributed by atoms with Crippen molar-refractivity contribution < 1.29 is 4.39 Å². The molecule has 0 aliphatic carbocycles. The van der Waals surface area contributed by atoms with Gasteiger partial charge in [0, 0.05) is 9.79 Å². The molecule has 2 rings (SSSR count). The monoisotopic (exact) mass is 260 g/mol. The highest BCUT2D eigenvalue weighted by molar-refractivity contribution is 7.99. The van der Waals surface area contributed by atoms with Crippen molar-refractivity contribution in [3.8, 4) is 0 Å². The average molecular weight is 260 g/mol. The van der Waals surface area contributed by atoms with Crippen molar-refractivity contribution in [3.05, 3.63) is 59.4 Å². The average Bonchev–Trinajstić information content (AvgIpc) is 2.42. The van der Waals surface area contributed by atoms with Gasteiger partial charge in [-0.25, -0.2) is 4.39 Å². The second-order valence-corrected chi connectivity index (χ2v) is 5.25. The molecule has 0 radical (unpaired) electrons. The molecule has 0 fully saturated rings. The zero-order chi connectivity index (χ0) is 13.0. The molecule has 0 saturated carbocycles. The fraction of sp³-hybridized carbons (Fsp3) is 0.250. The number of hydrogen-bond donors (Lipinski definition) is 0. The van der Waals surface area contributed by atoms with Crippen molar-refractivity contribution in [2.45, 2.75) is 36.5 Å². The third kappa shape index (κ3) is 2.75. The molecular weight excluding hydrogens is 243 g/mol. The van der Waals surface area contributed by atoms with Crippen molar-refractivity contribution in [1.29, 1.82) is 0 Å². The Bertz CT molecular complexity index is 520. The minimum Gasteiger partial charge on any atom is -0.205 e. The van der Waals surface area contributed by atoms with Gasteiger partial charge in [0.25, 0.3) is 0 Å². The molecule has 0 heterocycles. The minimum atomic E-state index is -0.0503. The van der Waals surface area contributed by atoms with Crippen molar-refractivity contribution in [3.63, 3.8) is 0 Å². The Labute approximate surface area is 112 Å². The molecule has 0 bridgehead atoms. The van der Waals surface area contributed by atoms with E-state index in [4.69, 9.17) is 0 Å². The Morgan fingerprint density at radius 3 is 2.28 bits per heavy atom. The molecule has 0 amide bonds. The first-order chi connectivity index (χ1) is 8.76. The van der Waals surface area contributed by atoms with E-state index in [1.807, 2.05) is 49.4 Å². The lowest BCUT2D eigenvalue weighted by Gasteiger charge is -2.11. The third-order valence-corrected chi connectivity index (χ3v) is 4.05. The first-order valence-electron chi connectivity index (χ1n) is 6.29. The molecule has 0 aliphatic rings. The fourth-order valence-corrected chi connectivity index (χ4v) is 2.94. The van der Waals surface area contributed by atoms with Crippen LogP contribution >= 0.6 is 11.8 Å². The topological polar surface area (TPSA) is 0 Å². The fourth-order valence-electron chi connectivity index (χ4n) is 2.05. The van der Waals surface area contributed by atoms with E-state index in [1.54, 1.807) is 0 Å². The van der Waals surface area contributed by atoms with Crippen molar-refractivity contribution in [2.75, 3.05) is 0 Å². The van der Waals surface area contributed by atoms with Crippen LogP contribution in [0, 0.1) is 5.82 Å². The quantitative estimate of drug-likeness (QED) is 0.736. The molecular formula is C16H17FS. The summed E-state index contributed by atoms with van der Waals surface area (Å²) in [5, 5.41) is 0. The number of aryl methyl sites for hydroxylation is 1. The van der Waals surface area contributed by atoms with Gasteiger partial charge in [0.05, 0.1) is 0 Å². The largest absolute Gasteiger partial charge is 0.205 e. The number of benzene rings is 2. The SMILES string of the molecule is CCc1ccc(Sc2ccccc2)c(F)c1CC. The zero-order valence-electron chi connectivity index (χ0n) is 10.7. The summed E-state index contributed by atoms with van der Waals surface area (Å²) < 4.78 is 14.4. The first-order valence-corrected chi connectivity index (χ1v) is 7.11. The maximum absolute atomic E-state index is 14.4. The van der Waals surface area contributed by atoms with E-state index in [9.17, 15) is 4.39 Å². The zero-order valence-corrected chi connectivity index (χ0v) is 11.6. The van der Waals surface area contributed by atoms with E-state index in [1.165, 1.54) is 11.8 Å². The van der Waals surface area contributed by atoms with Crippen LogP contribution in [0.4, 0.5) is 4.39 Å². The smallest absolute Gasteiger partial charge is 0.140 e. The Balaban J connectivity index is 2.35. The minimum absolute atomic E-state index is 0.0503. The summed E-state index contributed by atoms with van der Waals surface area (Å²) in [6.45, 7) is 4.08. The van der Waals surface area contributed by atoms with Crippen LogP contribution in [0.2, 0.25) is 0 Å². The van der Waals surface area contributed by atoms with Crippen LogP contribution < -0.4 is 0 Å². The lowest BCUT2D eigenvalue weighted by Crippen LogP contribution is -1.97. The van der Waals surface area contributed by atoms with E-state index in [0.29, 0.717) is 0 Å². The van der Waals surface area contributed by atoms with Gasteiger partial charge < -0.3 is 0 Å². The van der Waals surface area contributed by atoms with Crippen LogP contribution in [-0.4, -0.2) is 0 Å². The normalized spacial score (nSPS) is 10.6. The van der Waals surface area contributed by atoms with E-state index >= 15 is 0 Å². The van der Waals surface area contributed by atoms with Gasteiger partial charge in [0.15, 0.2) is 0 Å². The van der Waals surface area contributed by atoms with Crippen LogP contribution in [0.1, 0.15) is 25.0 Å². The van der Waals surface area contributed by atoms with Crippen molar-refractivity contribution in [1.82, 2.24) is 0 Å². The van der Waals surface area contributed by atoms with Crippen LogP contribution in [0.5, 0.6) is 0 Å². The van der Waals surface area contributed by atoms with E-state index in [0.717, 1.165) is 33.8 Å². The second kappa shape index (κ2) is 6.05. The van der Waals surface area contributed by atoms with E-state index in [2.05, 4.69) is 6.92 Å². The van der Waals surface area contributed by atoms with Crippen LogP contribution in [0.3, 0.4) is 0 Å². The van der Waals surface area contributed by atoms with Gasteiger partial charge in [-0.15, -0.1) is 0 Å². The van der Waals surface area contributed by atoms with Gasteiger partial charge in [-0.05, 0) is 42.2 Å². The van der Waals surface area contributed by atoms with Gasteiger partial charge in [0.1, 0.15) is 5.82 Å². The molecule has 2 aromatic rings. The number of halogens is 1. The van der Waals surface area contributed by atoms with Crippen molar-refractivity contribution >= 4 is 11.8 Å². The maximum atomic E-state index is 14.4. The van der Waals surface area contributed by atoms with Crippen LogP contribution in [0.25, 0.3) is 0 Å². The predicted molar refractivity (Wildman–Crippen MR) is 75.7 cm³/mol. The summed E-state index contributed by atoms with van der Waals surface area (Å²) in [7, 11) is 0. The van der Waals surface area contributed by atoms with Crippen LogP contribution in [-0.2, 0) is 12.8 Å². The molecule has 2 heteroatoms. The lowest BCUT2D eigenvalue weighted by atomic mass is 10.0. The number of rotatable bonds is 4. The first kappa shape index (κ1) is 13.2. The lowest BCUT2D eigenvalue weighted by molar-refractivity contribution is 0.583. The molecule has 0 unspecified atom stereocenters. The molecule has 0 spiro atoms. The standard InChI is InChI=1S/C16H17FS/c1-3-12-10-11-15(16(17)14(12)4-2)18-13-8-6-5-7-9-13/h5-11H,3-4H2,1-2H3. The highest BCUT2D eigenvalue weighted by Crippen LogP contribution is 2.32. The predicted octanol–water partition coefficient (Wildman–Crippen LogP) is 5.10. The molecule has 18 heavy (non-hydrogen) atoms. The summed E-state index contributed by atoms with van der Waals surface area (Å²) in [5.41, 5.74) is 1.98. The molecule has 0 nitrogen and oxygen atoms in total. The van der Waals surface area contributed by atoms with Gasteiger partial charge in [-0.3, -0.25) is 0 Å². The summed E-state index contributed by atoms with van der Waals surface area (Å²) in [4.78, 5) is 1.79. The Morgan fingerprint density at radius 2 is 1.67 bits per heavy atom. The summed E-state index contributed by atoms with van der Waals surface area (Å²) >= 11 is 1.49. The maximum Gasteiger partial charge on any atom is 0.140 e. The number of hydrogen-bond acceptors (Lipinski definition) is 1. The third-order valence-electron chi connectivity index (χ3n) is 3.01. The summed E-state index contributed by atoms with van der Waals surface area (Å²) in [5.74, 6) is -0.0503. The van der Waals surface area contributed by atoms with E-state index < -0.39 is 0 Å². The van der Waals surface area contributed by atoms with Gasteiger partial charge in [-0.1, -0.05) is 49.9 Å². The molecule has 94 valence electrons. The van der Waals surface area contributed by atoms with E-state index in [-0.39, 0.29) is 5.82 Å². The van der Waals surface area contributed by atoms with Gasteiger partial charge in [-0.2, -0.15) is 0 Å². The van der Waals surface area contributed by atoms with Gasteiger partial charge in [0.2, 0.25) is 0 Å². The Morgan fingerprint density at radius 1 is 0.944 bits per heavy atom. The highest BCUT2D eigenvalue weighted by Gasteiger charge is 2.11. The molecule has 0 aliphatic heterocycles. The Hall–Kier alpha value is -1.28.